The first kappa shape index (κ1) is 18.4. The number of sulfone groups is 1. The lowest BCUT2D eigenvalue weighted by atomic mass is 10.0. The zero-order valence-electron chi connectivity index (χ0n) is 15.8. The van der Waals surface area contributed by atoms with Crippen molar-refractivity contribution in [3.05, 3.63) is 29.5 Å². The van der Waals surface area contributed by atoms with Crippen LogP contribution in [0.4, 0.5) is 0 Å². The van der Waals surface area contributed by atoms with E-state index >= 15 is 0 Å². The zero-order valence-corrected chi connectivity index (χ0v) is 16.7. The van der Waals surface area contributed by atoms with Crippen molar-refractivity contribution in [1.82, 2.24) is 25.1 Å². The highest BCUT2D eigenvalue weighted by molar-refractivity contribution is 7.91. The predicted octanol–water partition coefficient (Wildman–Crippen LogP) is 1.93. The number of H-pyrrole nitrogens is 1. The van der Waals surface area contributed by atoms with Crippen molar-refractivity contribution in [3.63, 3.8) is 0 Å². The molecule has 8 nitrogen and oxygen atoms in total. The fourth-order valence-corrected chi connectivity index (χ4v) is 6.35. The van der Waals surface area contributed by atoms with Crippen LogP contribution in [0.2, 0.25) is 0 Å². The second kappa shape index (κ2) is 6.87. The molecular weight excluding hydrogens is 366 g/mol. The Morgan fingerprint density at radius 1 is 1.15 bits per heavy atom. The van der Waals surface area contributed by atoms with Crippen molar-refractivity contribution in [2.45, 2.75) is 69.5 Å². The number of fused-ring (bicyclic) bond motifs is 2. The quantitative estimate of drug-likeness (QED) is 0.831. The number of rotatable bonds is 5. The molecule has 4 heterocycles. The molecule has 2 aromatic rings. The van der Waals surface area contributed by atoms with Gasteiger partial charge < -0.3 is 4.74 Å². The molecule has 3 atom stereocenters. The van der Waals surface area contributed by atoms with Crippen LogP contribution >= 0.6 is 0 Å². The third kappa shape index (κ3) is 3.58. The van der Waals surface area contributed by atoms with Crippen molar-refractivity contribution in [2.75, 3.05) is 5.88 Å². The van der Waals surface area contributed by atoms with Crippen molar-refractivity contribution in [1.29, 1.82) is 0 Å². The van der Waals surface area contributed by atoms with Crippen LogP contribution in [0.3, 0.4) is 0 Å². The van der Waals surface area contributed by atoms with Gasteiger partial charge in [0.2, 0.25) is 5.88 Å². The normalized spacial score (nSPS) is 25.7. The highest BCUT2D eigenvalue weighted by Crippen LogP contribution is 2.38. The minimum Gasteiger partial charge on any atom is -0.473 e. The average molecular weight is 391 g/mol. The Balaban J connectivity index is 1.46. The first-order valence-electron chi connectivity index (χ1n) is 9.29. The maximum atomic E-state index is 13.0. The summed E-state index contributed by atoms with van der Waals surface area (Å²) >= 11 is 0. The van der Waals surface area contributed by atoms with Crippen LogP contribution in [-0.4, -0.2) is 57.5 Å². The van der Waals surface area contributed by atoms with Gasteiger partial charge in [0, 0.05) is 12.1 Å². The van der Waals surface area contributed by atoms with E-state index in [1.165, 1.54) is 0 Å². The first-order valence-corrected chi connectivity index (χ1v) is 10.9. The summed E-state index contributed by atoms with van der Waals surface area (Å²) < 4.78 is 32.0. The molecule has 0 aliphatic carbocycles. The fraction of sp³-hybridized carbons (Fsp3) is 0.611. The van der Waals surface area contributed by atoms with Gasteiger partial charge in [0.05, 0.1) is 29.5 Å². The van der Waals surface area contributed by atoms with E-state index in [0.717, 1.165) is 31.4 Å². The Hall–Kier alpha value is -2.00. The number of piperidine rings is 1. The van der Waals surface area contributed by atoms with Gasteiger partial charge in [-0.15, -0.1) is 0 Å². The summed E-state index contributed by atoms with van der Waals surface area (Å²) in [5, 5.41) is 6.81. The maximum Gasteiger partial charge on any atom is 0.232 e. The standard InChI is InChI=1S/C18H25N5O3S/c1-11-8-20-17(9-19-11)26-16-6-14-4-5-15(7-16)23(14)10-27(24,25)18-12(2)21-22-13(18)3/h8-9,14-16H,4-7,10H2,1-3H3,(H,21,22)/t14-,15+,16?. The number of nitrogens with zero attached hydrogens (tertiary/aromatic N) is 4. The smallest absolute Gasteiger partial charge is 0.232 e. The molecule has 2 fully saturated rings. The Bertz CT molecular complexity index is 891. The minimum absolute atomic E-state index is 0.0423. The summed E-state index contributed by atoms with van der Waals surface area (Å²) in [4.78, 5) is 11.0. The number of aromatic nitrogens is 4. The van der Waals surface area contributed by atoms with Gasteiger partial charge in [-0.05, 0) is 46.5 Å². The molecule has 0 spiro atoms. The van der Waals surface area contributed by atoms with Crippen molar-refractivity contribution < 1.29 is 13.2 Å². The maximum absolute atomic E-state index is 13.0. The van der Waals surface area contributed by atoms with Gasteiger partial charge in [-0.25, -0.2) is 13.4 Å². The second-order valence-corrected chi connectivity index (χ2v) is 9.51. The second-order valence-electron chi connectivity index (χ2n) is 7.61. The summed E-state index contributed by atoms with van der Waals surface area (Å²) in [7, 11) is -3.42. The topological polar surface area (TPSA) is 101 Å². The fourth-order valence-electron chi connectivity index (χ4n) is 4.40. The molecule has 2 aliphatic heterocycles. The van der Waals surface area contributed by atoms with E-state index in [1.54, 1.807) is 26.2 Å². The first-order chi connectivity index (χ1) is 12.8. The van der Waals surface area contributed by atoms with Gasteiger partial charge in [0.25, 0.3) is 0 Å². The highest BCUT2D eigenvalue weighted by Gasteiger charge is 2.44. The molecule has 2 aliphatic rings. The zero-order chi connectivity index (χ0) is 19.2. The lowest BCUT2D eigenvalue weighted by Crippen LogP contribution is -2.48. The Morgan fingerprint density at radius 2 is 1.85 bits per heavy atom. The molecule has 146 valence electrons. The number of nitrogens with one attached hydrogen (secondary N) is 1. The Kier molecular flexibility index (Phi) is 4.67. The minimum atomic E-state index is -3.42. The highest BCUT2D eigenvalue weighted by atomic mass is 32.2. The molecule has 0 aromatic carbocycles. The van der Waals surface area contributed by atoms with Crippen LogP contribution in [-0.2, 0) is 9.84 Å². The molecule has 2 saturated heterocycles. The van der Waals surface area contributed by atoms with Crippen LogP contribution in [0, 0.1) is 20.8 Å². The van der Waals surface area contributed by atoms with E-state index in [1.807, 2.05) is 6.92 Å². The molecule has 9 heteroatoms. The molecule has 4 rings (SSSR count). The number of aromatic amines is 1. The number of aryl methyl sites for hydroxylation is 3. The van der Waals surface area contributed by atoms with E-state index in [4.69, 9.17) is 4.74 Å². The average Bonchev–Trinajstić information content (AvgIpc) is 3.05. The van der Waals surface area contributed by atoms with Crippen molar-refractivity contribution >= 4 is 9.84 Å². The molecule has 27 heavy (non-hydrogen) atoms. The molecule has 0 saturated carbocycles. The van der Waals surface area contributed by atoms with Gasteiger partial charge in [-0.1, -0.05) is 0 Å². The third-order valence-corrected chi connectivity index (χ3v) is 7.44. The Morgan fingerprint density at radius 3 is 2.41 bits per heavy atom. The summed E-state index contributed by atoms with van der Waals surface area (Å²) in [5.74, 6) is 0.580. The molecule has 2 bridgehead atoms. The van der Waals surface area contributed by atoms with E-state index in [2.05, 4.69) is 25.1 Å². The van der Waals surface area contributed by atoms with Gasteiger partial charge >= 0.3 is 0 Å². The van der Waals surface area contributed by atoms with Crippen LogP contribution < -0.4 is 4.74 Å². The van der Waals surface area contributed by atoms with Crippen LogP contribution in [0.1, 0.15) is 42.8 Å². The largest absolute Gasteiger partial charge is 0.473 e. The molecule has 1 unspecified atom stereocenters. The van der Waals surface area contributed by atoms with E-state index in [9.17, 15) is 8.42 Å². The summed E-state index contributed by atoms with van der Waals surface area (Å²) in [5.41, 5.74) is 2.00. The van der Waals surface area contributed by atoms with Crippen molar-refractivity contribution in [3.8, 4) is 5.88 Å². The van der Waals surface area contributed by atoms with Gasteiger partial charge in [-0.3, -0.25) is 15.0 Å². The summed E-state index contributed by atoms with van der Waals surface area (Å²) in [6, 6.07) is 0.434. The molecule has 0 amide bonds. The van der Waals surface area contributed by atoms with Gasteiger partial charge in [0.1, 0.15) is 16.9 Å². The number of hydrogen-bond donors (Lipinski definition) is 1. The SMILES string of the molecule is Cc1cnc(OC2C[C@H]3CC[C@@H](C2)N3CS(=O)(=O)c2c(C)n[nH]c2C)cn1. The predicted molar refractivity (Wildman–Crippen MR) is 99.2 cm³/mol. The van der Waals surface area contributed by atoms with Gasteiger partial charge in [0.15, 0.2) is 9.84 Å². The number of ether oxygens (including phenoxy) is 1. The van der Waals surface area contributed by atoms with Crippen LogP contribution in [0.25, 0.3) is 0 Å². The van der Waals surface area contributed by atoms with E-state index in [-0.39, 0.29) is 24.1 Å². The molecule has 0 radical (unpaired) electrons. The lowest BCUT2D eigenvalue weighted by Gasteiger charge is -2.38. The van der Waals surface area contributed by atoms with Crippen molar-refractivity contribution in [2.24, 2.45) is 0 Å². The van der Waals surface area contributed by atoms with Crippen LogP contribution in [0.15, 0.2) is 17.3 Å². The summed E-state index contributed by atoms with van der Waals surface area (Å²) in [6.07, 6.45) is 7.03. The molecular formula is C18H25N5O3S. The lowest BCUT2D eigenvalue weighted by molar-refractivity contribution is 0.0579. The monoisotopic (exact) mass is 391 g/mol. The third-order valence-electron chi connectivity index (χ3n) is 5.58. The molecule has 2 aromatic heterocycles. The molecule has 1 N–H and O–H groups in total. The summed E-state index contributed by atoms with van der Waals surface area (Å²) in [6.45, 7) is 5.37. The Labute approximate surface area is 159 Å². The van der Waals surface area contributed by atoms with E-state index in [0.29, 0.717) is 22.2 Å². The van der Waals surface area contributed by atoms with E-state index < -0.39 is 9.84 Å². The number of hydrogen-bond acceptors (Lipinski definition) is 7. The van der Waals surface area contributed by atoms with Crippen LogP contribution in [0.5, 0.6) is 5.88 Å². The van der Waals surface area contributed by atoms with Gasteiger partial charge in [-0.2, -0.15) is 5.10 Å².